The molecule has 10 heteroatoms. The van der Waals surface area contributed by atoms with Crippen LogP contribution in [0.5, 0.6) is 0 Å². The van der Waals surface area contributed by atoms with Crippen molar-refractivity contribution in [3.05, 3.63) is 76.4 Å². The smallest absolute Gasteiger partial charge is 0.454 e. The van der Waals surface area contributed by atoms with Gasteiger partial charge in [-0.15, -0.1) is 0 Å². The van der Waals surface area contributed by atoms with E-state index < -0.39 is 43.5 Å². The van der Waals surface area contributed by atoms with Crippen LogP contribution in [0.2, 0.25) is 18.1 Å². The number of nitrogens with zero attached hydrogens (tertiary/aromatic N) is 1. The summed E-state index contributed by atoms with van der Waals surface area (Å²) in [5.41, 5.74) is 0. The van der Waals surface area contributed by atoms with Crippen LogP contribution in [0.3, 0.4) is 0 Å². The van der Waals surface area contributed by atoms with Crippen LogP contribution in [-0.2, 0) is 45.4 Å². The van der Waals surface area contributed by atoms with Crippen LogP contribution in [0.25, 0.3) is 0 Å². The topological polar surface area (TPSA) is 90.0 Å². The SMILES string of the molecule is C=CCOC(=O)C(=O)N1C(=O)[C@H]([C@@H](C)O[Si](C)(C)C(C)(C)C)[C@H]1SC(=O)[C]1[CH][CH][CH][CH]1.[CH]1[CH][CH][CH][CH]1.[Fe+2]. The van der Waals surface area contributed by atoms with E-state index in [-0.39, 0.29) is 33.8 Å². The molecule has 0 spiro atoms. The molecule has 7 nitrogen and oxygen atoms in total. The second-order valence-corrected chi connectivity index (χ2v) is 15.8. The maximum Gasteiger partial charge on any atom is 2.00 e. The summed E-state index contributed by atoms with van der Waals surface area (Å²) < 4.78 is 11.1. The molecular formula is C27H35FeNO6SSi+2. The predicted octanol–water partition coefficient (Wildman–Crippen LogP) is 4.12. The minimum Gasteiger partial charge on any atom is -0.454 e. The number of carbonyl (C=O) groups excluding carboxylic acids is 4. The molecule has 3 aliphatic rings. The summed E-state index contributed by atoms with van der Waals surface area (Å²) in [5, 5.41) is -1.21. The molecule has 2 aliphatic carbocycles. The fourth-order valence-corrected chi connectivity index (χ4v) is 5.99. The Morgan fingerprint density at radius 3 is 2.05 bits per heavy atom. The molecule has 1 aliphatic heterocycles. The Kier molecular flexibility index (Phi) is 13.8. The van der Waals surface area contributed by atoms with E-state index in [0.29, 0.717) is 5.92 Å². The third kappa shape index (κ3) is 9.06. The first-order valence-corrected chi connectivity index (χ1v) is 15.5. The van der Waals surface area contributed by atoms with Gasteiger partial charge in [0.05, 0.1) is 17.9 Å². The van der Waals surface area contributed by atoms with Gasteiger partial charge in [0.1, 0.15) is 12.0 Å². The van der Waals surface area contributed by atoms with E-state index in [9.17, 15) is 19.2 Å². The summed E-state index contributed by atoms with van der Waals surface area (Å²) in [7, 11) is -2.21. The average Bonchev–Trinajstić information content (AvgIpc) is 3.52. The number of hydrogen-bond donors (Lipinski definition) is 0. The van der Waals surface area contributed by atoms with Gasteiger partial charge in [0, 0.05) is 0 Å². The van der Waals surface area contributed by atoms with Crippen LogP contribution >= 0.6 is 11.8 Å². The minimum absolute atomic E-state index is 0. The molecule has 3 atom stereocenters. The number of rotatable bonds is 7. The number of ether oxygens (including phenoxy) is 1. The third-order valence-electron chi connectivity index (χ3n) is 6.28. The van der Waals surface area contributed by atoms with Crippen molar-refractivity contribution < 1.29 is 45.4 Å². The number of β-lactam (4-membered cyclic amide) rings is 1. The van der Waals surface area contributed by atoms with Gasteiger partial charge in [-0.3, -0.25) is 19.3 Å². The average molecular weight is 586 g/mol. The number of hydrogen-bond acceptors (Lipinski definition) is 7. The standard InChI is InChI=1S/C22H30NO6SSi.C5H5.Fe/c1-8-13-28-20(26)18(25)23-17(24)16(14(2)29-31(6,7)22(3,4)5)19(23)30-21(27)15-11-9-10-12-15;1-2-4-5-3-1;/h8-12,14,16,19H,1,13H2,2-7H3;1-5H;/q;;+2/t14-,16+,19-;;/m1../s1. The molecule has 0 aromatic heterocycles. The number of carbonyl (C=O) groups is 4. The molecule has 2 amide bonds. The van der Waals surface area contributed by atoms with Crippen LogP contribution in [0.15, 0.2) is 12.7 Å². The monoisotopic (exact) mass is 585 g/mol. The van der Waals surface area contributed by atoms with Gasteiger partial charge in [0.25, 0.3) is 0 Å². The number of imide groups is 1. The summed E-state index contributed by atoms with van der Waals surface area (Å²) in [6.07, 6.45) is 17.6. The minimum atomic E-state index is -2.21. The molecule has 200 valence electrons. The maximum atomic E-state index is 12.9. The third-order valence-corrected chi connectivity index (χ3v) is 12.1. The summed E-state index contributed by atoms with van der Waals surface area (Å²) in [6, 6.07) is 0. The predicted molar refractivity (Wildman–Crippen MR) is 143 cm³/mol. The first-order chi connectivity index (χ1) is 16.8. The Labute approximate surface area is 238 Å². The molecule has 0 bridgehead atoms. The number of likely N-dealkylation sites (tertiary alicyclic amines) is 1. The van der Waals surface area contributed by atoms with Crippen molar-refractivity contribution in [3.63, 3.8) is 0 Å². The van der Waals surface area contributed by atoms with Gasteiger partial charge in [-0.1, -0.05) is 45.2 Å². The van der Waals surface area contributed by atoms with Crippen molar-refractivity contribution in [3.8, 4) is 0 Å². The normalized spacial score (nSPS) is 22.8. The molecule has 37 heavy (non-hydrogen) atoms. The van der Waals surface area contributed by atoms with Crippen molar-refractivity contribution in [2.24, 2.45) is 5.92 Å². The molecule has 10 radical (unpaired) electrons. The Balaban J connectivity index is 0.00000102. The second-order valence-electron chi connectivity index (χ2n) is 9.94. The van der Waals surface area contributed by atoms with E-state index in [1.807, 2.05) is 32.1 Å². The van der Waals surface area contributed by atoms with E-state index in [1.54, 1.807) is 32.6 Å². The van der Waals surface area contributed by atoms with Crippen LogP contribution in [0.1, 0.15) is 27.7 Å². The Bertz CT molecular complexity index is 813. The van der Waals surface area contributed by atoms with E-state index >= 15 is 0 Å². The van der Waals surface area contributed by atoms with Crippen molar-refractivity contribution >= 4 is 43.0 Å². The molecule has 2 saturated carbocycles. The number of esters is 1. The summed E-state index contributed by atoms with van der Waals surface area (Å²) in [5.74, 6) is -3.05. The second kappa shape index (κ2) is 15.0. The van der Waals surface area contributed by atoms with E-state index in [4.69, 9.17) is 9.16 Å². The molecule has 1 heterocycles. The number of amides is 2. The summed E-state index contributed by atoms with van der Waals surface area (Å²) >= 11 is 0.848. The van der Waals surface area contributed by atoms with Crippen LogP contribution in [0.4, 0.5) is 0 Å². The Hall–Kier alpha value is -0.934. The molecule has 0 aromatic carbocycles. The Morgan fingerprint density at radius 2 is 1.59 bits per heavy atom. The van der Waals surface area contributed by atoms with Gasteiger partial charge in [0.15, 0.2) is 13.4 Å². The Morgan fingerprint density at radius 1 is 1.08 bits per heavy atom. The largest absolute Gasteiger partial charge is 2.00 e. The zero-order valence-electron chi connectivity index (χ0n) is 22.1. The van der Waals surface area contributed by atoms with E-state index in [1.165, 1.54) is 6.08 Å². The maximum absolute atomic E-state index is 12.9. The molecule has 3 fully saturated rings. The van der Waals surface area contributed by atoms with Crippen molar-refractivity contribution in [2.45, 2.75) is 57.3 Å². The fraction of sp³-hybridized carbons (Fsp3) is 0.407. The van der Waals surface area contributed by atoms with Crippen molar-refractivity contribution in [2.75, 3.05) is 6.61 Å². The molecular weight excluding hydrogens is 550 g/mol. The zero-order chi connectivity index (χ0) is 27.1. The molecule has 0 N–H and O–H groups in total. The fourth-order valence-electron chi connectivity index (χ4n) is 3.28. The van der Waals surface area contributed by atoms with Gasteiger partial charge < -0.3 is 9.16 Å². The number of thioether (sulfide) groups is 1. The first-order valence-electron chi connectivity index (χ1n) is 11.7. The van der Waals surface area contributed by atoms with E-state index in [0.717, 1.165) is 16.7 Å². The van der Waals surface area contributed by atoms with Gasteiger partial charge in [-0.25, -0.2) is 4.79 Å². The van der Waals surface area contributed by atoms with E-state index in [2.05, 4.69) is 40.4 Å². The molecule has 0 unspecified atom stereocenters. The molecule has 0 aromatic rings. The van der Waals surface area contributed by atoms with Crippen LogP contribution in [-0.4, -0.2) is 54.2 Å². The first kappa shape index (κ1) is 34.1. The molecule has 1 saturated heterocycles. The van der Waals surface area contributed by atoms with Crippen LogP contribution in [0, 0.1) is 69.6 Å². The summed E-state index contributed by atoms with van der Waals surface area (Å²) in [6.45, 7) is 15.5. The quantitative estimate of drug-likeness (QED) is 0.146. The van der Waals surface area contributed by atoms with Gasteiger partial charge in [-0.05, 0) is 82.8 Å². The van der Waals surface area contributed by atoms with Crippen molar-refractivity contribution in [1.82, 2.24) is 4.90 Å². The molecule has 3 rings (SSSR count). The summed E-state index contributed by atoms with van der Waals surface area (Å²) in [4.78, 5) is 51.0. The van der Waals surface area contributed by atoms with Gasteiger partial charge in [-0.2, -0.15) is 0 Å². The zero-order valence-corrected chi connectivity index (χ0v) is 25.0. The van der Waals surface area contributed by atoms with Gasteiger partial charge in [0.2, 0.25) is 5.91 Å². The van der Waals surface area contributed by atoms with Gasteiger partial charge >= 0.3 is 28.9 Å². The van der Waals surface area contributed by atoms with Crippen LogP contribution < -0.4 is 0 Å². The van der Waals surface area contributed by atoms with Crippen molar-refractivity contribution in [1.29, 1.82) is 0 Å².